The van der Waals surface area contributed by atoms with Crippen LogP contribution in [0.4, 0.5) is 10.1 Å². The lowest BCUT2D eigenvalue weighted by molar-refractivity contribution is -0.139. The Bertz CT molecular complexity index is 1410. The maximum absolute atomic E-state index is 13.9. The standard InChI is InChI=1S/C29H32Cl2FN3O4S/c1-4-5-17-33-29(37)21(3)34(18-25-26(30)7-6-8-27(25)31)28(36)19-35(23-13-9-20(2)10-14-23)40(38,39)24-15-11-22(32)12-16-24/h6-16,21H,4-5,17-19H2,1-3H3,(H,33,37)/t21-/m0/s1. The molecule has 0 bridgehead atoms. The van der Waals surface area contributed by atoms with Crippen LogP contribution in [-0.4, -0.2) is 44.3 Å². The molecule has 1 atom stereocenters. The molecule has 11 heteroatoms. The SMILES string of the molecule is CCCCNC(=O)[C@H](C)N(Cc1c(Cl)cccc1Cl)C(=O)CN(c1ccc(C)cc1)S(=O)(=O)c1ccc(F)cc1. The van der Waals surface area contributed by atoms with E-state index in [9.17, 15) is 22.4 Å². The van der Waals surface area contributed by atoms with Gasteiger partial charge in [0.1, 0.15) is 18.4 Å². The number of benzene rings is 3. The first-order valence-corrected chi connectivity index (χ1v) is 15.0. The molecule has 3 rings (SSSR count). The summed E-state index contributed by atoms with van der Waals surface area (Å²) in [6, 6.07) is 14.9. The molecule has 0 aliphatic rings. The largest absolute Gasteiger partial charge is 0.354 e. The number of sulfonamides is 1. The first-order valence-electron chi connectivity index (χ1n) is 12.8. The van der Waals surface area contributed by atoms with E-state index in [2.05, 4.69) is 5.32 Å². The fraction of sp³-hybridized carbons (Fsp3) is 0.310. The van der Waals surface area contributed by atoms with Crippen LogP contribution in [0, 0.1) is 12.7 Å². The van der Waals surface area contributed by atoms with Gasteiger partial charge in [-0.05, 0) is 68.8 Å². The van der Waals surface area contributed by atoms with Crippen molar-refractivity contribution in [2.45, 2.75) is 51.1 Å². The van der Waals surface area contributed by atoms with E-state index in [1.807, 2.05) is 13.8 Å². The molecule has 0 saturated carbocycles. The molecule has 0 fully saturated rings. The second kappa shape index (κ2) is 14.0. The highest BCUT2D eigenvalue weighted by atomic mass is 35.5. The molecular formula is C29H32Cl2FN3O4S. The van der Waals surface area contributed by atoms with Crippen molar-refractivity contribution in [1.29, 1.82) is 0 Å². The molecule has 0 heterocycles. The third-order valence-electron chi connectivity index (χ3n) is 6.39. The second-order valence-electron chi connectivity index (χ2n) is 9.34. The van der Waals surface area contributed by atoms with Crippen LogP contribution in [0.15, 0.2) is 71.6 Å². The average molecular weight is 609 g/mol. The van der Waals surface area contributed by atoms with Gasteiger partial charge in [-0.15, -0.1) is 0 Å². The third-order valence-corrected chi connectivity index (χ3v) is 8.89. The summed E-state index contributed by atoms with van der Waals surface area (Å²) in [6.45, 7) is 5.08. The predicted octanol–water partition coefficient (Wildman–Crippen LogP) is 5.97. The van der Waals surface area contributed by atoms with Crippen molar-refractivity contribution in [2.75, 3.05) is 17.4 Å². The van der Waals surface area contributed by atoms with E-state index in [1.165, 1.54) is 4.90 Å². The van der Waals surface area contributed by atoms with Gasteiger partial charge < -0.3 is 10.2 Å². The van der Waals surface area contributed by atoms with E-state index >= 15 is 0 Å². The maximum Gasteiger partial charge on any atom is 0.264 e. The molecule has 0 radical (unpaired) electrons. The zero-order valence-electron chi connectivity index (χ0n) is 22.5. The summed E-state index contributed by atoms with van der Waals surface area (Å²) < 4.78 is 42.0. The molecule has 7 nitrogen and oxygen atoms in total. The predicted molar refractivity (Wildman–Crippen MR) is 157 cm³/mol. The molecule has 0 aromatic heterocycles. The molecule has 1 N–H and O–H groups in total. The van der Waals surface area contributed by atoms with E-state index in [-0.39, 0.29) is 17.1 Å². The Labute approximate surface area is 244 Å². The molecule has 40 heavy (non-hydrogen) atoms. The van der Waals surface area contributed by atoms with Crippen LogP contribution in [0.1, 0.15) is 37.8 Å². The van der Waals surface area contributed by atoms with Crippen molar-refractivity contribution in [3.63, 3.8) is 0 Å². The van der Waals surface area contributed by atoms with Crippen LogP contribution in [0.5, 0.6) is 0 Å². The lowest BCUT2D eigenvalue weighted by Crippen LogP contribution is -2.51. The number of amides is 2. The highest BCUT2D eigenvalue weighted by Crippen LogP contribution is 2.28. The maximum atomic E-state index is 13.9. The Kier molecular flexibility index (Phi) is 11.0. The van der Waals surface area contributed by atoms with E-state index in [0.717, 1.165) is 47.0 Å². The Morgan fingerprint density at radius 1 is 0.975 bits per heavy atom. The van der Waals surface area contributed by atoms with Gasteiger partial charge in [-0.3, -0.25) is 13.9 Å². The number of aryl methyl sites for hydroxylation is 1. The summed E-state index contributed by atoms with van der Waals surface area (Å²) in [4.78, 5) is 28.0. The van der Waals surface area contributed by atoms with E-state index in [1.54, 1.807) is 49.4 Å². The highest BCUT2D eigenvalue weighted by molar-refractivity contribution is 7.92. The van der Waals surface area contributed by atoms with Gasteiger partial charge in [0.05, 0.1) is 10.6 Å². The number of rotatable bonds is 12. The Hall–Kier alpha value is -3.14. The van der Waals surface area contributed by atoms with Crippen molar-refractivity contribution >= 4 is 50.7 Å². The lowest BCUT2D eigenvalue weighted by atomic mass is 10.1. The van der Waals surface area contributed by atoms with Crippen LogP contribution in [0.2, 0.25) is 10.0 Å². The van der Waals surface area contributed by atoms with Gasteiger partial charge in [-0.25, -0.2) is 12.8 Å². The third kappa shape index (κ3) is 7.74. The van der Waals surface area contributed by atoms with Gasteiger partial charge in [0.15, 0.2) is 0 Å². The zero-order valence-corrected chi connectivity index (χ0v) is 24.9. The fourth-order valence-corrected chi connectivity index (χ4v) is 5.88. The van der Waals surface area contributed by atoms with Crippen molar-refractivity contribution in [3.05, 3.63) is 93.7 Å². The van der Waals surface area contributed by atoms with E-state index < -0.39 is 40.2 Å². The van der Waals surface area contributed by atoms with Crippen LogP contribution in [0.25, 0.3) is 0 Å². The molecular weight excluding hydrogens is 576 g/mol. The van der Waals surface area contributed by atoms with Crippen LogP contribution in [0.3, 0.4) is 0 Å². The molecule has 3 aromatic carbocycles. The molecule has 2 amide bonds. The summed E-state index contributed by atoms with van der Waals surface area (Å²) >= 11 is 12.8. The minimum absolute atomic E-state index is 0.127. The van der Waals surface area contributed by atoms with E-state index in [0.29, 0.717) is 22.2 Å². The quantitative estimate of drug-likeness (QED) is 0.257. The van der Waals surface area contributed by atoms with Crippen molar-refractivity contribution in [3.8, 4) is 0 Å². The monoisotopic (exact) mass is 607 g/mol. The molecule has 0 aliphatic heterocycles. The van der Waals surface area contributed by atoms with E-state index in [4.69, 9.17) is 23.2 Å². The topological polar surface area (TPSA) is 86.8 Å². The molecule has 0 saturated heterocycles. The first-order chi connectivity index (χ1) is 18.9. The highest BCUT2D eigenvalue weighted by Gasteiger charge is 2.33. The van der Waals surface area contributed by atoms with Crippen LogP contribution in [-0.2, 0) is 26.2 Å². The second-order valence-corrected chi connectivity index (χ2v) is 12.0. The first kappa shape index (κ1) is 31.4. The fourth-order valence-electron chi connectivity index (χ4n) is 3.95. The Morgan fingerprint density at radius 2 is 1.57 bits per heavy atom. The molecule has 0 aliphatic carbocycles. The van der Waals surface area contributed by atoms with Gasteiger partial charge >= 0.3 is 0 Å². The smallest absolute Gasteiger partial charge is 0.264 e. The number of hydrogen-bond donors (Lipinski definition) is 1. The lowest BCUT2D eigenvalue weighted by Gasteiger charge is -2.32. The summed E-state index contributed by atoms with van der Waals surface area (Å²) in [7, 11) is -4.30. The summed E-state index contributed by atoms with van der Waals surface area (Å²) in [5, 5.41) is 3.43. The number of anilines is 1. The minimum atomic E-state index is -4.30. The normalized spacial score (nSPS) is 12.1. The average Bonchev–Trinajstić information content (AvgIpc) is 2.92. The molecule has 214 valence electrons. The van der Waals surface area contributed by atoms with Crippen molar-refractivity contribution < 1.29 is 22.4 Å². The van der Waals surface area contributed by atoms with Gasteiger partial charge in [-0.2, -0.15) is 0 Å². The van der Waals surface area contributed by atoms with Gasteiger partial charge in [0, 0.05) is 28.7 Å². The Morgan fingerprint density at radius 3 is 2.15 bits per heavy atom. The summed E-state index contributed by atoms with van der Waals surface area (Å²) in [5.74, 6) is -1.64. The number of unbranched alkanes of at least 4 members (excludes halogenated alkanes) is 1. The Balaban J connectivity index is 2.03. The molecule has 0 unspecified atom stereocenters. The number of nitrogens with one attached hydrogen (secondary N) is 1. The van der Waals surface area contributed by atoms with Crippen molar-refractivity contribution in [2.24, 2.45) is 0 Å². The van der Waals surface area contributed by atoms with Gasteiger partial charge in [-0.1, -0.05) is 60.3 Å². The van der Waals surface area contributed by atoms with Gasteiger partial charge in [0.25, 0.3) is 10.0 Å². The number of carbonyl (C=O) groups is 2. The number of carbonyl (C=O) groups excluding carboxylic acids is 2. The molecule has 0 spiro atoms. The number of hydrogen-bond acceptors (Lipinski definition) is 4. The number of halogens is 3. The van der Waals surface area contributed by atoms with Crippen LogP contribution >= 0.6 is 23.2 Å². The molecule has 3 aromatic rings. The van der Waals surface area contributed by atoms with Crippen molar-refractivity contribution in [1.82, 2.24) is 10.2 Å². The minimum Gasteiger partial charge on any atom is -0.354 e. The van der Waals surface area contributed by atoms with Gasteiger partial charge in [0.2, 0.25) is 11.8 Å². The zero-order chi connectivity index (χ0) is 29.4. The number of nitrogens with zero attached hydrogens (tertiary/aromatic N) is 2. The summed E-state index contributed by atoms with van der Waals surface area (Å²) in [6.07, 6.45) is 1.64. The summed E-state index contributed by atoms with van der Waals surface area (Å²) in [5.41, 5.74) is 1.55. The van der Waals surface area contributed by atoms with Crippen LogP contribution < -0.4 is 9.62 Å².